The lowest BCUT2D eigenvalue weighted by molar-refractivity contribution is -0.143. The number of piperidine rings is 1. The minimum absolute atomic E-state index is 0.0323. The number of amides is 2. The maximum atomic E-state index is 13.9. The number of aliphatic hydroxyl groups is 1. The highest BCUT2D eigenvalue weighted by molar-refractivity contribution is 6.00. The first-order valence-electron chi connectivity index (χ1n) is 27.7. The maximum Gasteiger partial charge on any atom is 0.340 e. The average Bonchev–Trinajstić information content (AvgIpc) is 1.71. The molecule has 2 amide bonds. The number of nitrogens with one attached hydrogen (secondary N) is 1. The van der Waals surface area contributed by atoms with E-state index in [1.165, 1.54) is 0 Å². The van der Waals surface area contributed by atoms with Gasteiger partial charge in [-0.05, 0) is 163 Å². The number of hydrogen-bond acceptors (Lipinski definition) is 14. The molecule has 0 unspecified atom stereocenters. The van der Waals surface area contributed by atoms with E-state index >= 15 is 0 Å². The molecule has 2 N–H and O–H groups in total. The van der Waals surface area contributed by atoms with Crippen LogP contribution in [0.5, 0.6) is 40.2 Å². The summed E-state index contributed by atoms with van der Waals surface area (Å²) in [5.41, 5.74) is -0.564. The van der Waals surface area contributed by atoms with E-state index in [0.717, 1.165) is 16.7 Å². The number of carbonyl (C=O) groups excluding carboxylic acids is 5. The molecule has 6 aromatic rings. The van der Waals surface area contributed by atoms with Crippen LogP contribution in [0.25, 0.3) is 0 Å². The second-order valence-corrected chi connectivity index (χ2v) is 23.3. The van der Waals surface area contributed by atoms with Crippen LogP contribution in [-0.2, 0) is 35.1 Å². The summed E-state index contributed by atoms with van der Waals surface area (Å²) < 4.78 is 48.1. The minimum atomic E-state index is -1.60. The van der Waals surface area contributed by atoms with Gasteiger partial charge in [-0.2, -0.15) is 0 Å². The third kappa shape index (κ3) is 11.8. The molecule has 0 aromatic heterocycles. The number of methoxy groups -OCH3 is 3. The Bertz CT molecular complexity index is 3140. The van der Waals surface area contributed by atoms with Crippen molar-refractivity contribution >= 4 is 29.7 Å². The van der Waals surface area contributed by atoms with Gasteiger partial charge in [0.05, 0.1) is 50.9 Å². The molecular weight excluding hydrogens is 1040 g/mol. The third-order valence-electron chi connectivity index (χ3n) is 15.6. The molecule has 0 radical (unpaired) electrons. The van der Waals surface area contributed by atoms with Gasteiger partial charge in [-0.25, -0.2) is 4.79 Å². The fourth-order valence-electron chi connectivity index (χ4n) is 10.6. The topological polar surface area (TPSA) is 195 Å². The predicted molar refractivity (Wildman–Crippen MR) is 306 cm³/mol. The van der Waals surface area contributed by atoms with E-state index in [1.54, 1.807) is 117 Å². The van der Waals surface area contributed by atoms with Crippen molar-refractivity contribution in [3.8, 4) is 40.2 Å². The molecule has 1 fully saturated rings. The number of carbonyl (C=O) groups is 5. The van der Waals surface area contributed by atoms with Crippen LogP contribution in [0.2, 0.25) is 0 Å². The number of hydrogen-bond donors (Lipinski definition) is 2. The van der Waals surface area contributed by atoms with Gasteiger partial charge in [0.1, 0.15) is 45.8 Å². The van der Waals surface area contributed by atoms with Crippen LogP contribution in [0.15, 0.2) is 127 Å². The number of ether oxygens (including phenoxy) is 8. The molecule has 9 rings (SSSR count). The number of esters is 3. The normalized spacial score (nSPS) is 15.0. The summed E-state index contributed by atoms with van der Waals surface area (Å²) in [6.07, 6.45) is 3.31. The zero-order valence-corrected chi connectivity index (χ0v) is 48.1. The number of likely N-dealkylation sites (tertiary alicyclic amines) is 1. The molecule has 82 heavy (non-hydrogen) atoms. The van der Waals surface area contributed by atoms with Gasteiger partial charge in [-0.3, -0.25) is 19.2 Å². The number of benzene rings is 6. The standard InChI is InChI=1S/C66H72N2O14/c1-62(2,3)60(73)79-49-27-30-52-55(38-49)81-56-39-50(80-61(74)63(4,5)6)28-31-53(56)66(52)54-37-42(14-29-51(54)59(72)82-66)58(71)67-34-12-10-11-13-57(70)68-35-32-64(40-69,33-36-68)41-78-65(43-15-21-46(75-7)22-16-43,44-17-23-47(76-8)24-18-44)45-19-25-48(77-9)26-20-45/h14-31,37-39,69H,10-13,32-36,40-41H2,1-9H3,(H,67,71). The number of nitrogens with zero attached hydrogens (tertiary/aromatic N) is 1. The van der Waals surface area contributed by atoms with Gasteiger partial charge in [0, 0.05) is 65.9 Å². The van der Waals surface area contributed by atoms with Gasteiger partial charge in [0.2, 0.25) is 5.91 Å². The Labute approximate surface area is 478 Å². The van der Waals surface area contributed by atoms with Crippen LogP contribution in [0.3, 0.4) is 0 Å². The van der Waals surface area contributed by atoms with Gasteiger partial charge in [0.25, 0.3) is 5.91 Å². The van der Waals surface area contributed by atoms with Gasteiger partial charge in [-0.1, -0.05) is 42.8 Å². The molecule has 16 heteroatoms. The van der Waals surface area contributed by atoms with Crippen LogP contribution in [0, 0.1) is 16.2 Å². The summed E-state index contributed by atoms with van der Waals surface area (Å²) in [6, 6.07) is 37.8. The summed E-state index contributed by atoms with van der Waals surface area (Å²) in [5.74, 6) is 1.07. The highest BCUT2D eigenvalue weighted by Crippen LogP contribution is 2.57. The molecular formula is C66H72N2O14. The molecule has 3 aliphatic heterocycles. The SMILES string of the molecule is COc1ccc(C(OCC2(CO)CCN(C(=O)CCCCCNC(=O)c3ccc4c(c3)C3(OC4=O)c4ccc(OC(=O)C(C)(C)C)cc4Oc4cc(OC(=O)C(C)(C)C)ccc43)CC2)(c2ccc(OC)cc2)c2ccc(OC)cc2)cc1. The first-order chi connectivity index (χ1) is 39.2. The van der Waals surface area contributed by atoms with Gasteiger partial charge < -0.3 is 53.2 Å². The monoisotopic (exact) mass is 1120 g/mol. The van der Waals surface area contributed by atoms with Crippen molar-refractivity contribution in [1.82, 2.24) is 10.2 Å². The number of fused-ring (bicyclic) bond motifs is 6. The highest BCUT2D eigenvalue weighted by Gasteiger charge is 2.54. The summed E-state index contributed by atoms with van der Waals surface area (Å²) >= 11 is 0. The molecule has 0 aliphatic carbocycles. The van der Waals surface area contributed by atoms with Gasteiger partial charge in [-0.15, -0.1) is 0 Å². The molecule has 6 aromatic carbocycles. The van der Waals surface area contributed by atoms with Crippen LogP contribution in [-0.4, -0.2) is 93.9 Å². The third-order valence-corrected chi connectivity index (χ3v) is 15.6. The smallest absolute Gasteiger partial charge is 0.340 e. The Morgan fingerprint density at radius 2 is 1.07 bits per heavy atom. The zero-order valence-electron chi connectivity index (χ0n) is 48.1. The Kier molecular flexibility index (Phi) is 16.9. The number of rotatable bonds is 19. The first kappa shape index (κ1) is 58.4. The van der Waals surface area contributed by atoms with Gasteiger partial charge in [0.15, 0.2) is 5.60 Å². The molecule has 16 nitrogen and oxygen atoms in total. The van der Waals surface area contributed by atoms with Crippen LogP contribution < -0.4 is 33.7 Å². The lowest BCUT2D eigenvalue weighted by atomic mass is 9.77. The van der Waals surface area contributed by atoms with Crippen molar-refractivity contribution in [3.05, 3.63) is 172 Å². The molecule has 0 saturated carbocycles. The van der Waals surface area contributed by atoms with E-state index in [9.17, 15) is 29.1 Å². The molecule has 3 aliphatic rings. The quantitative estimate of drug-likeness (QED) is 0.0336. The lowest BCUT2D eigenvalue weighted by Gasteiger charge is -2.44. The van der Waals surface area contributed by atoms with E-state index in [2.05, 4.69) is 5.32 Å². The van der Waals surface area contributed by atoms with Crippen molar-refractivity contribution in [2.24, 2.45) is 16.2 Å². The van der Waals surface area contributed by atoms with Crippen molar-refractivity contribution < 1.29 is 67.0 Å². The predicted octanol–water partition coefficient (Wildman–Crippen LogP) is 11.1. The Hall–Kier alpha value is -8.21. The minimum Gasteiger partial charge on any atom is -0.497 e. The lowest BCUT2D eigenvalue weighted by Crippen LogP contribution is -2.48. The summed E-state index contributed by atoms with van der Waals surface area (Å²) in [4.78, 5) is 69.2. The molecule has 0 bridgehead atoms. The fourth-order valence-corrected chi connectivity index (χ4v) is 10.6. The summed E-state index contributed by atoms with van der Waals surface area (Å²) in [6.45, 7) is 11.8. The molecule has 3 heterocycles. The van der Waals surface area contributed by atoms with Crippen LogP contribution >= 0.6 is 0 Å². The Morgan fingerprint density at radius 1 is 0.598 bits per heavy atom. The van der Waals surface area contributed by atoms with Crippen molar-refractivity contribution in [3.63, 3.8) is 0 Å². The highest BCUT2D eigenvalue weighted by atomic mass is 16.6. The van der Waals surface area contributed by atoms with Crippen molar-refractivity contribution in [2.45, 2.75) is 91.3 Å². The molecule has 0 atom stereocenters. The average molecular weight is 1120 g/mol. The summed E-state index contributed by atoms with van der Waals surface area (Å²) in [7, 11) is 4.88. The second-order valence-electron chi connectivity index (χ2n) is 23.3. The maximum absolute atomic E-state index is 13.9. The number of aliphatic hydroxyl groups excluding tert-OH is 1. The van der Waals surface area contributed by atoms with Gasteiger partial charge >= 0.3 is 17.9 Å². The molecule has 1 spiro atoms. The molecule has 430 valence electrons. The van der Waals surface area contributed by atoms with E-state index in [0.29, 0.717) is 92.1 Å². The van der Waals surface area contributed by atoms with E-state index in [4.69, 9.17) is 37.9 Å². The van der Waals surface area contributed by atoms with E-state index in [-0.39, 0.29) is 59.2 Å². The Morgan fingerprint density at radius 3 is 1.52 bits per heavy atom. The number of unbranched alkanes of at least 4 members (excludes halogenated alkanes) is 2. The first-order valence-corrected chi connectivity index (χ1v) is 27.7. The van der Waals surface area contributed by atoms with Crippen LogP contribution in [0.1, 0.15) is 134 Å². The zero-order chi connectivity index (χ0) is 58.6. The van der Waals surface area contributed by atoms with Crippen molar-refractivity contribution in [1.29, 1.82) is 0 Å². The Balaban J connectivity index is 0.838. The second kappa shape index (κ2) is 23.7. The van der Waals surface area contributed by atoms with Crippen LogP contribution in [0.4, 0.5) is 0 Å². The summed E-state index contributed by atoms with van der Waals surface area (Å²) in [5, 5.41) is 14.1. The largest absolute Gasteiger partial charge is 0.497 e. The van der Waals surface area contributed by atoms with Crippen molar-refractivity contribution in [2.75, 3.05) is 54.2 Å². The van der Waals surface area contributed by atoms with E-state index in [1.807, 2.05) is 77.7 Å². The van der Waals surface area contributed by atoms with E-state index < -0.39 is 45.4 Å². The fraction of sp³-hybridized carbons (Fsp3) is 0.379. The molecule has 1 saturated heterocycles.